The van der Waals surface area contributed by atoms with Crippen LogP contribution < -0.4 is 5.32 Å². The lowest BCUT2D eigenvalue weighted by molar-refractivity contribution is 0.300. The van der Waals surface area contributed by atoms with Gasteiger partial charge >= 0.3 is 0 Å². The summed E-state index contributed by atoms with van der Waals surface area (Å²) in [6.07, 6.45) is 1.20. The van der Waals surface area contributed by atoms with Gasteiger partial charge in [-0.1, -0.05) is 13.8 Å². The Morgan fingerprint density at radius 3 is 2.82 bits per heavy atom. The number of thioether (sulfide) groups is 1. The SMILES string of the molecule is CCNCCCSC(C)CO. The van der Waals surface area contributed by atoms with E-state index >= 15 is 0 Å². The average Bonchev–Trinajstić information content (AvgIpc) is 2.04. The zero-order valence-corrected chi connectivity index (χ0v) is 8.28. The molecule has 1 unspecified atom stereocenters. The normalized spacial score (nSPS) is 13.4. The van der Waals surface area contributed by atoms with Crippen LogP contribution in [0.2, 0.25) is 0 Å². The second-order valence-electron chi connectivity index (χ2n) is 2.57. The molecule has 0 radical (unpaired) electrons. The Balaban J connectivity index is 2.89. The molecule has 0 bridgehead atoms. The van der Waals surface area contributed by atoms with Crippen molar-refractivity contribution in [3.63, 3.8) is 0 Å². The molecule has 0 spiro atoms. The fourth-order valence-electron chi connectivity index (χ4n) is 0.711. The lowest BCUT2D eigenvalue weighted by Crippen LogP contribution is -2.15. The molecule has 0 aliphatic heterocycles. The van der Waals surface area contributed by atoms with Gasteiger partial charge in [-0.2, -0.15) is 11.8 Å². The van der Waals surface area contributed by atoms with Crippen LogP contribution in [0.15, 0.2) is 0 Å². The molecule has 11 heavy (non-hydrogen) atoms. The second-order valence-corrected chi connectivity index (χ2v) is 4.12. The third kappa shape index (κ3) is 8.17. The van der Waals surface area contributed by atoms with Crippen molar-refractivity contribution in [3.05, 3.63) is 0 Å². The highest BCUT2D eigenvalue weighted by atomic mass is 32.2. The van der Waals surface area contributed by atoms with Crippen molar-refractivity contribution in [2.75, 3.05) is 25.4 Å². The first-order valence-corrected chi connectivity index (χ1v) is 5.29. The molecule has 0 aromatic rings. The van der Waals surface area contributed by atoms with Crippen molar-refractivity contribution in [3.8, 4) is 0 Å². The molecule has 0 aromatic carbocycles. The Morgan fingerprint density at radius 2 is 2.27 bits per heavy atom. The van der Waals surface area contributed by atoms with E-state index < -0.39 is 0 Å². The molecule has 0 aliphatic rings. The van der Waals surface area contributed by atoms with Gasteiger partial charge in [-0.05, 0) is 25.3 Å². The Hall–Kier alpha value is 0.270. The van der Waals surface area contributed by atoms with Gasteiger partial charge < -0.3 is 10.4 Å². The van der Waals surface area contributed by atoms with E-state index in [4.69, 9.17) is 5.11 Å². The van der Waals surface area contributed by atoms with Gasteiger partial charge in [-0.25, -0.2) is 0 Å². The van der Waals surface area contributed by atoms with Crippen molar-refractivity contribution in [1.29, 1.82) is 0 Å². The first-order valence-electron chi connectivity index (χ1n) is 4.24. The van der Waals surface area contributed by atoms with Gasteiger partial charge in [0.1, 0.15) is 0 Å². The van der Waals surface area contributed by atoms with E-state index in [1.165, 1.54) is 6.42 Å². The van der Waals surface area contributed by atoms with E-state index in [0.717, 1.165) is 18.8 Å². The van der Waals surface area contributed by atoms with E-state index in [1.807, 2.05) is 11.8 Å². The lowest BCUT2D eigenvalue weighted by atomic mass is 10.5. The number of rotatable bonds is 7. The van der Waals surface area contributed by atoms with Gasteiger partial charge in [0.25, 0.3) is 0 Å². The zero-order valence-electron chi connectivity index (χ0n) is 7.47. The topological polar surface area (TPSA) is 32.3 Å². The summed E-state index contributed by atoms with van der Waals surface area (Å²) in [7, 11) is 0. The molecule has 0 saturated heterocycles. The summed E-state index contributed by atoms with van der Waals surface area (Å²) in [5.74, 6) is 1.15. The molecule has 2 N–H and O–H groups in total. The largest absolute Gasteiger partial charge is 0.395 e. The number of aliphatic hydroxyl groups excluding tert-OH is 1. The van der Waals surface area contributed by atoms with E-state index in [9.17, 15) is 0 Å². The summed E-state index contributed by atoms with van der Waals surface area (Å²) in [5, 5.41) is 12.4. The molecule has 3 heteroatoms. The quantitative estimate of drug-likeness (QED) is 0.571. The van der Waals surface area contributed by atoms with Crippen molar-refractivity contribution in [1.82, 2.24) is 5.32 Å². The smallest absolute Gasteiger partial charge is 0.0547 e. The average molecular weight is 177 g/mol. The van der Waals surface area contributed by atoms with Crippen LogP contribution in [0.4, 0.5) is 0 Å². The maximum Gasteiger partial charge on any atom is 0.0547 e. The van der Waals surface area contributed by atoms with Crippen LogP contribution in [-0.2, 0) is 0 Å². The number of aliphatic hydroxyl groups is 1. The molecule has 0 saturated carbocycles. The van der Waals surface area contributed by atoms with Crippen molar-refractivity contribution in [2.45, 2.75) is 25.5 Å². The first-order chi connectivity index (χ1) is 5.31. The molecule has 0 rings (SSSR count). The second kappa shape index (κ2) is 8.37. The van der Waals surface area contributed by atoms with E-state index in [1.54, 1.807) is 0 Å². The minimum absolute atomic E-state index is 0.297. The highest BCUT2D eigenvalue weighted by Gasteiger charge is 1.98. The van der Waals surface area contributed by atoms with Crippen LogP contribution in [0, 0.1) is 0 Å². The van der Waals surface area contributed by atoms with E-state index in [2.05, 4.69) is 19.2 Å². The number of hydrogen-bond acceptors (Lipinski definition) is 3. The molecular weight excluding hydrogens is 158 g/mol. The van der Waals surface area contributed by atoms with Crippen LogP contribution in [0.5, 0.6) is 0 Å². The Kier molecular flexibility index (Phi) is 8.57. The van der Waals surface area contributed by atoms with Crippen LogP contribution in [0.3, 0.4) is 0 Å². The van der Waals surface area contributed by atoms with Crippen LogP contribution >= 0.6 is 11.8 Å². The fourth-order valence-corrected chi connectivity index (χ4v) is 1.53. The summed E-state index contributed by atoms with van der Waals surface area (Å²) in [6.45, 7) is 6.62. The van der Waals surface area contributed by atoms with Gasteiger partial charge in [0.15, 0.2) is 0 Å². The molecule has 0 aromatic heterocycles. The van der Waals surface area contributed by atoms with Crippen molar-refractivity contribution >= 4 is 11.8 Å². The molecule has 68 valence electrons. The lowest BCUT2D eigenvalue weighted by Gasteiger charge is -2.06. The monoisotopic (exact) mass is 177 g/mol. The zero-order chi connectivity index (χ0) is 8.53. The maximum absolute atomic E-state index is 8.70. The molecule has 0 fully saturated rings. The highest BCUT2D eigenvalue weighted by molar-refractivity contribution is 7.99. The maximum atomic E-state index is 8.70. The summed E-state index contributed by atoms with van der Waals surface area (Å²) in [5.41, 5.74) is 0. The molecule has 1 atom stereocenters. The Bertz CT molecular complexity index is 80.5. The third-order valence-corrected chi connectivity index (χ3v) is 2.65. The molecule has 2 nitrogen and oxygen atoms in total. The van der Waals surface area contributed by atoms with Crippen molar-refractivity contribution in [2.24, 2.45) is 0 Å². The van der Waals surface area contributed by atoms with Gasteiger partial charge in [-0.3, -0.25) is 0 Å². The van der Waals surface area contributed by atoms with E-state index in [0.29, 0.717) is 11.9 Å². The molecule has 0 aliphatic carbocycles. The molecule has 0 heterocycles. The Morgan fingerprint density at radius 1 is 1.55 bits per heavy atom. The van der Waals surface area contributed by atoms with E-state index in [-0.39, 0.29) is 0 Å². The van der Waals surface area contributed by atoms with Crippen molar-refractivity contribution < 1.29 is 5.11 Å². The number of hydrogen-bond donors (Lipinski definition) is 2. The van der Waals surface area contributed by atoms with Crippen LogP contribution in [0.1, 0.15) is 20.3 Å². The summed E-state index contributed by atoms with van der Waals surface area (Å²) >= 11 is 1.84. The third-order valence-electron chi connectivity index (χ3n) is 1.41. The summed E-state index contributed by atoms with van der Waals surface area (Å²) < 4.78 is 0. The van der Waals surface area contributed by atoms with Crippen LogP contribution in [0.25, 0.3) is 0 Å². The van der Waals surface area contributed by atoms with Gasteiger partial charge in [0.2, 0.25) is 0 Å². The van der Waals surface area contributed by atoms with Crippen LogP contribution in [-0.4, -0.2) is 35.8 Å². The predicted octanol–water partition coefficient (Wildman–Crippen LogP) is 1.10. The standard InChI is InChI=1S/C8H19NOS/c1-3-9-5-4-6-11-8(2)7-10/h8-10H,3-7H2,1-2H3. The summed E-state index contributed by atoms with van der Waals surface area (Å²) in [6, 6.07) is 0. The minimum Gasteiger partial charge on any atom is -0.395 e. The minimum atomic E-state index is 0.297. The molecular formula is C8H19NOS. The van der Waals surface area contributed by atoms with Gasteiger partial charge in [0, 0.05) is 5.25 Å². The predicted molar refractivity (Wildman–Crippen MR) is 52.2 cm³/mol. The first kappa shape index (κ1) is 11.3. The fraction of sp³-hybridized carbons (Fsp3) is 1.00. The Labute approximate surface area is 73.8 Å². The van der Waals surface area contributed by atoms with Gasteiger partial charge in [0.05, 0.1) is 6.61 Å². The highest BCUT2D eigenvalue weighted by Crippen LogP contribution is 2.09. The van der Waals surface area contributed by atoms with Gasteiger partial charge in [-0.15, -0.1) is 0 Å². The number of nitrogens with one attached hydrogen (secondary N) is 1. The summed E-state index contributed by atoms with van der Waals surface area (Å²) in [4.78, 5) is 0. The molecule has 0 amide bonds.